The minimum atomic E-state index is 0. The van der Waals surface area contributed by atoms with Gasteiger partial charge in [-0.05, 0) is 0 Å². The Balaban J connectivity index is 0. The van der Waals surface area contributed by atoms with E-state index in [9.17, 15) is 0 Å². The zero-order chi connectivity index (χ0) is 0. The number of rotatable bonds is 0. The standard InChI is InChI=1S/B.Co.Cr.Pd.Pt.Re.Ta. The Labute approximate surface area is 124 Å². The topological polar surface area (TPSA) is 0 Å². The van der Waals surface area contributed by atoms with Gasteiger partial charge in [-0.25, -0.2) is 0 Å². The van der Waals surface area contributed by atoms with E-state index in [0.29, 0.717) is 0 Å². The van der Waals surface area contributed by atoms with Crippen molar-refractivity contribution in [3.63, 3.8) is 0 Å². The molecule has 0 atom stereocenters. The molecule has 0 rings (SSSR count). The average Bonchev–Trinajstić information content (AvgIpc) is 0. The fraction of sp³-hybridized carbons (Fsp3) is 0. The molecular weight excluding hydrogens is 790 g/mol. The Kier molecular flexibility index (Phi) is 526. The van der Waals surface area contributed by atoms with Crippen molar-refractivity contribution in [1.82, 2.24) is 0 Å². The molecule has 0 aromatic heterocycles. The van der Waals surface area contributed by atoms with Crippen LogP contribution in [0.1, 0.15) is 0 Å². The number of hydrogen-bond acceptors (Lipinski definition) is 0. The molecule has 0 heterocycles. The van der Waals surface area contributed by atoms with E-state index in [1.165, 1.54) is 0 Å². The first-order chi connectivity index (χ1) is 0. The summed E-state index contributed by atoms with van der Waals surface area (Å²) in [4.78, 5) is 0. The fourth-order valence-electron chi connectivity index (χ4n) is 0. The first kappa shape index (κ1) is 70.9. The summed E-state index contributed by atoms with van der Waals surface area (Å²) in [6.07, 6.45) is 0. The first-order valence-corrected chi connectivity index (χ1v) is 0. The van der Waals surface area contributed by atoms with Gasteiger partial charge in [0, 0.05) is 127 Å². The third kappa shape index (κ3) is 40.9. The molecule has 0 saturated carbocycles. The first-order valence-electron chi connectivity index (χ1n) is 0. The normalized spacial score (nSPS) is 0. The van der Waals surface area contributed by atoms with Crippen molar-refractivity contribution in [2.75, 3.05) is 0 Å². The molecule has 0 nitrogen and oxygen atoms in total. The maximum atomic E-state index is 0. The van der Waals surface area contributed by atoms with Crippen LogP contribution in [0.5, 0.6) is 0 Å². The van der Waals surface area contributed by atoms with Crippen molar-refractivity contribution in [3.05, 3.63) is 0 Å². The summed E-state index contributed by atoms with van der Waals surface area (Å²) in [5.41, 5.74) is 0. The van der Waals surface area contributed by atoms with Crippen LogP contribution in [0.2, 0.25) is 0 Å². The summed E-state index contributed by atoms with van der Waals surface area (Å²) in [6.45, 7) is 0. The maximum absolute atomic E-state index is 0. The SMILES string of the molecule is [B].[Co].[Cr].[Pd].[Pt].[Re].[Ta]. The largest absolute Gasteiger partial charge is 0 e. The molecule has 7 heavy (non-hydrogen) atoms. The quantitative estimate of drug-likeness (QED) is 0.294. The van der Waals surface area contributed by atoms with Gasteiger partial charge in [0.25, 0.3) is 0 Å². The van der Waals surface area contributed by atoms with Crippen molar-refractivity contribution < 1.29 is 118 Å². The van der Waals surface area contributed by atoms with Gasteiger partial charge in [0.15, 0.2) is 0 Å². The third-order valence-corrected chi connectivity index (χ3v) is 0. The summed E-state index contributed by atoms with van der Waals surface area (Å²) < 4.78 is 0. The predicted molar refractivity (Wildman–Crippen MR) is 5.75 cm³/mol. The average molecular weight is 790 g/mol. The smallest absolute Gasteiger partial charge is 0 e. The molecule has 50 valence electrons. The van der Waals surface area contributed by atoms with Crippen molar-refractivity contribution in [2.45, 2.75) is 0 Å². The summed E-state index contributed by atoms with van der Waals surface area (Å²) in [7, 11) is 0. The van der Waals surface area contributed by atoms with E-state index in [2.05, 4.69) is 0 Å². The zero-order valence-corrected chi connectivity index (χ0v) is 14.8. The Morgan fingerprint density at radius 3 is 1.00 bits per heavy atom. The Morgan fingerprint density at radius 2 is 1.00 bits per heavy atom. The van der Waals surface area contributed by atoms with Gasteiger partial charge in [0.05, 0.1) is 0 Å². The van der Waals surface area contributed by atoms with E-state index in [1.807, 2.05) is 0 Å². The van der Waals surface area contributed by atoms with E-state index < -0.39 is 0 Å². The minimum Gasteiger partial charge on any atom is 0 e. The van der Waals surface area contributed by atoms with Gasteiger partial charge in [-0.1, -0.05) is 0 Å². The zero-order valence-electron chi connectivity index (χ0n) is 2.78. The van der Waals surface area contributed by atoms with Gasteiger partial charge in [0.2, 0.25) is 0 Å². The molecule has 0 saturated heterocycles. The molecule has 0 aliphatic heterocycles. The molecule has 6 radical (unpaired) electrons. The molecule has 0 amide bonds. The van der Waals surface area contributed by atoms with Crippen LogP contribution in [0.4, 0.5) is 0 Å². The van der Waals surface area contributed by atoms with Crippen LogP contribution in [0.3, 0.4) is 0 Å². The van der Waals surface area contributed by atoms with Gasteiger partial charge in [-0.15, -0.1) is 0 Å². The third-order valence-electron chi connectivity index (χ3n) is 0. The second-order valence-electron chi connectivity index (χ2n) is 0. The van der Waals surface area contributed by atoms with Crippen LogP contribution in [-0.4, -0.2) is 8.41 Å². The van der Waals surface area contributed by atoms with Gasteiger partial charge < -0.3 is 0 Å². The van der Waals surface area contributed by atoms with E-state index in [1.54, 1.807) is 0 Å². The molecule has 0 bridgehead atoms. The van der Waals surface area contributed by atoms with Crippen LogP contribution in [0.15, 0.2) is 0 Å². The van der Waals surface area contributed by atoms with Crippen molar-refractivity contribution in [2.24, 2.45) is 0 Å². The molecule has 0 fully saturated rings. The minimum absolute atomic E-state index is 0. The molecule has 0 unspecified atom stereocenters. The van der Waals surface area contributed by atoms with Gasteiger partial charge in [0.1, 0.15) is 0 Å². The van der Waals surface area contributed by atoms with E-state index in [0.717, 1.165) is 0 Å². The van der Waals surface area contributed by atoms with Crippen molar-refractivity contribution in [3.8, 4) is 0 Å². The van der Waals surface area contributed by atoms with Gasteiger partial charge in [-0.3, -0.25) is 0 Å². The summed E-state index contributed by atoms with van der Waals surface area (Å²) in [5, 5.41) is 0. The Hall–Kier alpha value is 3.86. The fourth-order valence-corrected chi connectivity index (χ4v) is 0. The van der Waals surface area contributed by atoms with Gasteiger partial charge in [-0.2, -0.15) is 0 Å². The summed E-state index contributed by atoms with van der Waals surface area (Å²) in [6, 6.07) is 0. The molecule has 0 N–H and O–H groups in total. The van der Waals surface area contributed by atoms with E-state index >= 15 is 0 Å². The Bertz CT molecular complexity index is 19.7. The van der Waals surface area contributed by atoms with Crippen molar-refractivity contribution in [1.29, 1.82) is 0 Å². The molecule has 0 aliphatic rings. The second-order valence-corrected chi connectivity index (χ2v) is 0. The molecule has 0 aromatic rings. The second kappa shape index (κ2) is 52.0. The van der Waals surface area contributed by atoms with Gasteiger partial charge >= 0.3 is 0 Å². The molecule has 0 spiro atoms. The molecular formula is BCoCrPdPtReTa. The summed E-state index contributed by atoms with van der Waals surface area (Å²) in [5.74, 6) is 0. The monoisotopic (exact) mass is 791 g/mol. The Morgan fingerprint density at radius 1 is 1.00 bits per heavy atom. The molecule has 0 aromatic carbocycles. The van der Waals surface area contributed by atoms with Crippen LogP contribution < -0.4 is 0 Å². The van der Waals surface area contributed by atoms with Crippen LogP contribution in [-0.2, 0) is 118 Å². The van der Waals surface area contributed by atoms with E-state index in [-0.39, 0.29) is 127 Å². The predicted octanol–water partition coefficient (Wildman–Crippen LogP) is -0.396. The van der Waals surface area contributed by atoms with Crippen LogP contribution in [0.25, 0.3) is 0 Å². The molecule has 0 aliphatic carbocycles. The molecule has 7 heteroatoms. The van der Waals surface area contributed by atoms with Crippen molar-refractivity contribution >= 4 is 8.41 Å². The van der Waals surface area contributed by atoms with Crippen LogP contribution in [0, 0.1) is 0 Å². The number of hydrogen-bond donors (Lipinski definition) is 0. The summed E-state index contributed by atoms with van der Waals surface area (Å²) >= 11 is 0. The van der Waals surface area contributed by atoms with Crippen LogP contribution >= 0.6 is 0 Å². The maximum Gasteiger partial charge on any atom is 0 e. The van der Waals surface area contributed by atoms with E-state index in [4.69, 9.17) is 0 Å².